The molecule has 0 heterocycles. The first-order chi connectivity index (χ1) is 6.68. The standard InChI is InChI=1S/C13H19N/c1-9(2)13(14)12-7-6-10-4-3-5-11(10)8-12/h6-9,13H,3-5,14H2,1-2H3. The maximum atomic E-state index is 6.13. The van der Waals surface area contributed by atoms with Gasteiger partial charge < -0.3 is 5.73 Å². The molecule has 2 N–H and O–H groups in total. The van der Waals surface area contributed by atoms with Crippen molar-refractivity contribution in [2.75, 3.05) is 0 Å². The molecule has 1 aliphatic carbocycles. The Balaban J connectivity index is 2.28. The Morgan fingerprint density at radius 2 is 1.86 bits per heavy atom. The van der Waals surface area contributed by atoms with Crippen molar-refractivity contribution in [2.24, 2.45) is 11.7 Å². The van der Waals surface area contributed by atoms with E-state index in [-0.39, 0.29) is 6.04 Å². The number of fused-ring (bicyclic) bond motifs is 1. The van der Waals surface area contributed by atoms with Gasteiger partial charge >= 0.3 is 0 Å². The van der Waals surface area contributed by atoms with Crippen molar-refractivity contribution in [3.8, 4) is 0 Å². The summed E-state index contributed by atoms with van der Waals surface area (Å²) in [5, 5.41) is 0. The number of benzene rings is 1. The summed E-state index contributed by atoms with van der Waals surface area (Å²) < 4.78 is 0. The van der Waals surface area contributed by atoms with Crippen LogP contribution in [0.4, 0.5) is 0 Å². The molecule has 2 rings (SSSR count). The second kappa shape index (κ2) is 3.74. The maximum absolute atomic E-state index is 6.13. The van der Waals surface area contributed by atoms with E-state index in [1.807, 2.05) is 0 Å². The van der Waals surface area contributed by atoms with Gasteiger partial charge in [0, 0.05) is 6.04 Å². The largest absolute Gasteiger partial charge is 0.324 e. The Morgan fingerprint density at radius 3 is 2.57 bits per heavy atom. The lowest BCUT2D eigenvalue weighted by atomic mass is 9.94. The number of hydrogen-bond acceptors (Lipinski definition) is 1. The van der Waals surface area contributed by atoms with Crippen LogP contribution in [0, 0.1) is 5.92 Å². The van der Waals surface area contributed by atoms with E-state index in [2.05, 4.69) is 32.0 Å². The van der Waals surface area contributed by atoms with Gasteiger partial charge in [0.15, 0.2) is 0 Å². The molecule has 0 aromatic heterocycles. The molecule has 0 amide bonds. The molecule has 0 aliphatic heterocycles. The topological polar surface area (TPSA) is 26.0 Å². The minimum absolute atomic E-state index is 0.195. The molecule has 14 heavy (non-hydrogen) atoms. The Morgan fingerprint density at radius 1 is 1.14 bits per heavy atom. The molecule has 1 nitrogen and oxygen atoms in total. The van der Waals surface area contributed by atoms with E-state index >= 15 is 0 Å². The van der Waals surface area contributed by atoms with Gasteiger partial charge in [0.05, 0.1) is 0 Å². The zero-order valence-electron chi connectivity index (χ0n) is 9.09. The number of rotatable bonds is 2. The van der Waals surface area contributed by atoms with Gasteiger partial charge in [-0.05, 0) is 41.9 Å². The van der Waals surface area contributed by atoms with E-state index in [1.54, 1.807) is 0 Å². The molecule has 0 fully saturated rings. The van der Waals surface area contributed by atoms with Gasteiger partial charge in [0.2, 0.25) is 0 Å². The third-order valence-electron chi connectivity index (χ3n) is 3.23. The molecule has 1 aromatic rings. The van der Waals surface area contributed by atoms with Crippen molar-refractivity contribution >= 4 is 0 Å². The first kappa shape index (κ1) is 9.72. The fraction of sp³-hybridized carbons (Fsp3) is 0.538. The Kier molecular flexibility index (Phi) is 2.60. The van der Waals surface area contributed by atoms with Crippen molar-refractivity contribution in [3.63, 3.8) is 0 Å². The van der Waals surface area contributed by atoms with Crippen LogP contribution in [0.25, 0.3) is 0 Å². The van der Waals surface area contributed by atoms with Crippen molar-refractivity contribution in [1.82, 2.24) is 0 Å². The first-order valence-corrected chi connectivity index (χ1v) is 5.56. The maximum Gasteiger partial charge on any atom is 0.0318 e. The fourth-order valence-corrected chi connectivity index (χ4v) is 2.18. The van der Waals surface area contributed by atoms with Crippen LogP contribution in [-0.4, -0.2) is 0 Å². The normalized spacial score (nSPS) is 17.1. The third-order valence-corrected chi connectivity index (χ3v) is 3.23. The van der Waals surface area contributed by atoms with Gasteiger partial charge in [-0.2, -0.15) is 0 Å². The molecule has 1 unspecified atom stereocenters. The van der Waals surface area contributed by atoms with E-state index in [0.717, 1.165) is 0 Å². The molecule has 1 atom stereocenters. The Hall–Kier alpha value is -0.820. The molecule has 1 aliphatic rings. The third kappa shape index (κ3) is 1.69. The van der Waals surface area contributed by atoms with Gasteiger partial charge in [-0.15, -0.1) is 0 Å². The van der Waals surface area contributed by atoms with Crippen LogP contribution in [0.1, 0.15) is 43.0 Å². The summed E-state index contributed by atoms with van der Waals surface area (Å²) in [4.78, 5) is 0. The highest BCUT2D eigenvalue weighted by Crippen LogP contribution is 2.26. The van der Waals surface area contributed by atoms with Crippen LogP contribution < -0.4 is 5.73 Å². The highest BCUT2D eigenvalue weighted by atomic mass is 14.6. The van der Waals surface area contributed by atoms with Crippen molar-refractivity contribution in [1.29, 1.82) is 0 Å². The Labute approximate surface area is 86.3 Å². The molecule has 1 aromatic carbocycles. The van der Waals surface area contributed by atoms with Gasteiger partial charge in [-0.25, -0.2) is 0 Å². The predicted molar refractivity (Wildman–Crippen MR) is 60.2 cm³/mol. The van der Waals surface area contributed by atoms with E-state index in [9.17, 15) is 0 Å². The van der Waals surface area contributed by atoms with Crippen LogP contribution in [0.15, 0.2) is 18.2 Å². The molecule has 1 heteroatoms. The lowest BCUT2D eigenvalue weighted by Gasteiger charge is -2.17. The van der Waals surface area contributed by atoms with Gasteiger partial charge in [0.25, 0.3) is 0 Å². The summed E-state index contributed by atoms with van der Waals surface area (Å²) in [6.07, 6.45) is 3.82. The van der Waals surface area contributed by atoms with Crippen molar-refractivity contribution in [2.45, 2.75) is 39.2 Å². The number of aryl methyl sites for hydroxylation is 2. The van der Waals surface area contributed by atoms with Crippen molar-refractivity contribution in [3.05, 3.63) is 34.9 Å². The Bertz CT molecular complexity index is 328. The number of nitrogens with two attached hydrogens (primary N) is 1. The van der Waals surface area contributed by atoms with Crippen molar-refractivity contribution < 1.29 is 0 Å². The molecular formula is C13H19N. The van der Waals surface area contributed by atoms with Gasteiger partial charge in [0.1, 0.15) is 0 Å². The quantitative estimate of drug-likeness (QED) is 0.760. The van der Waals surface area contributed by atoms with Gasteiger partial charge in [-0.3, -0.25) is 0 Å². The zero-order chi connectivity index (χ0) is 10.1. The first-order valence-electron chi connectivity index (χ1n) is 5.56. The second-order valence-electron chi connectivity index (χ2n) is 4.65. The van der Waals surface area contributed by atoms with Gasteiger partial charge in [-0.1, -0.05) is 32.0 Å². The summed E-state index contributed by atoms with van der Waals surface area (Å²) >= 11 is 0. The molecule has 0 radical (unpaired) electrons. The monoisotopic (exact) mass is 189 g/mol. The lowest BCUT2D eigenvalue weighted by molar-refractivity contribution is 0.514. The zero-order valence-corrected chi connectivity index (χ0v) is 9.09. The fourth-order valence-electron chi connectivity index (χ4n) is 2.18. The summed E-state index contributed by atoms with van der Waals surface area (Å²) in [7, 11) is 0. The van der Waals surface area contributed by atoms with E-state index in [0.29, 0.717) is 5.92 Å². The van der Waals surface area contributed by atoms with Crippen LogP contribution in [0.3, 0.4) is 0 Å². The van der Waals surface area contributed by atoms with Crippen LogP contribution >= 0.6 is 0 Å². The highest BCUT2D eigenvalue weighted by Gasteiger charge is 2.15. The summed E-state index contributed by atoms with van der Waals surface area (Å²) in [5.74, 6) is 0.523. The lowest BCUT2D eigenvalue weighted by Crippen LogP contribution is -2.16. The average molecular weight is 189 g/mol. The summed E-state index contributed by atoms with van der Waals surface area (Å²) in [5.41, 5.74) is 10.5. The average Bonchev–Trinajstić information content (AvgIpc) is 2.62. The SMILES string of the molecule is CC(C)C(N)c1ccc2c(c1)CCC2. The molecule has 0 spiro atoms. The second-order valence-corrected chi connectivity index (χ2v) is 4.65. The van der Waals surface area contributed by atoms with E-state index in [4.69, 9.17) is 5.73 Å². The minimum atomic E-state index is 0.195. The smallest absolute Gasteiger partial charge is 0.0318 e. The molecule has 76 valence electrons. The predicted octanol–water partition coefficient (Wildman–Crippen LogP) is 2.83. The van der Waals surface area contributed by atoms with Crippen LogP contribution in [-0.2, 0) is 12.8 Å². The summed E-state index contributed by atoms with van der Waals surface area (Å²) in [6.45, 7) is 4.36. The van der Waals surface area contributed by atoms with E-state index < -0.39 is 0 Å². The van der Waals surface area contributed by atoms with Crippen LogP contribution in [0.5, 0.6) is 0 Å². The molecule has 0 saturated carbocycles. The summed E-state index contributed by atoms with van der Waals surface area (Å²) in [6, 6.07) is 6.97. The number of hydrogen-bond donors (Lipinski definition) is 1. The minimum Gasteiger partial charge on any atom is -0.324 e. The molecule has 0 saturated heterocycles. The van der Waals surface area contributed by atoms with Crippen LogP contribution in [0.2, 0.25) is 0 Å². The molecular weight excluding hydrogens is 170 g/mol. The molecule has 0 bridgehead atoms. The van der Waals surface area contributed by atoms with E-state index in [1.165, 1.54) is 36.0 Å². The highest BCUT2D eigenvalue weighted by molar-refractivity contribution is 5.36.